The van der Waals surface area contributed by atoms with Crippen LogP contribution in [-0.4, -0.2) is 29.4 Å². The Morgan fingerprint density at radius 3 is 3.05 bits per heavy atom. The summed E-state index contributed by atoms with van der Waals surface area (Å²) in [5.41, 5.74) is 1.41. The van der Waals surface area contributed by atoms with Crippen molar-refractivity contribution < 1.29 is 4.79 Å². The average molecular weight is 278 g/mol. The Hall–Kier alpha value is -0.870. The summed E-state index contributed by atoms with van der Waals surface area (Å²) in [6.07, 6.45) is 5.94. The number of nitrogens with one attached hydrogen (secondary N) is 1. The first-order valence-electron chi connectivity index (χ1n) is 7.33. The van der Waals surface area contributed by atoms with Gasteiger partial charge in [-0.3, -0.25) is 9.69 Å². The molecule has 2 heterocycles. The molecule has 1 aliphatic heterocycles. The summed E-state index contributed by atoms with van der Waals surface area (Å²) in [5, 5.41) is 5.38. The first-order valence-corrected chi connectivity index (χ1v) is 8.21. The van der Waals surface area contributed by atoms with Crippen molar-refractivity contribution in [3.8, 4) is 0 Å². The second-order valence-electron chi connectivity index (χ2n) is 5.76. The molecule has 1 aromatic heterocycles. The minimum Gasteiger partial charge on any atom is -0.352 e. The molecule has 1 atom stereocenters. The topological polar surface area (TPSA) is 32.3 Å². The van der Waals surface area contributed by atoms with Gasteiger partial charge < -0.3 is 5.32 Å². The number of carbonyl (C=O) groups is 1. The number of hydrogen-bond acceptors (Lipinski definition) is 3. The van der Waals surface area contributed by atoms with Crippen molar-refractivity contribution in [2.24, 2.45) is 0 Å². The molecule has 104 valence electrons. The lowest BCUT2D eigenvalue weighted by molar-refractivity contribution is -0.126. The zero-order valence-corrected chi connectivity index (χ0v) is 12.3. The highest BCUT2D eigenvalue weighted by Gasteiger charge is 2.27. The molecule has 0 aromatic carbocycles. The fraction of sp³-hybridized carbons (Fsp3) is 0.667. The van der Waals surface area contributed by atoms with Crippen molar-refractivity contribution in [3.05, 3.63) is 21.9 Å². The Kier molecular flexibility index (Phi) is 3.89. The van der Waals surface area contributed by atoms with Gasteiger partial charge in [0.05, 0.1) is 6.04 Å². The van der Waals surface area contributed by atoms with Crippen LogP contribution in [-0.2, 0) is 17.8 Å². The van der Waals surface area contributed by atoms with Crippen LogP contribution in [0.1, 0.15) is 43.0 Å². The predicted molar refractivity (Wildman–Crippen MR) is 78.3 cm³/mol. The highest BCUT2D eigenvalue weighted by molar-refractivity contribution is 7.10. The quantitative estimate of drug-likeness (QED) is 0.921. The Morgan fingerprint density at radius 1 is 1.47 bits per heavy atom. The predicted octanol–water partition coefficient (Wildman–Crippen LogP) is 2.55. The SMILES string of the molecule is C[C@H](C(=O)NC1CCCC1)N1CCc2sccc2C1. The number of rotatable bonds is 3. The maximum atomic E-state index is 12.3. The van der Waals surface area contributed by atoms with E-state index >= 15 is 0 Å². The van der Waals surface area contributed by atoms with Gasteiger partial charge in [0.2, 0.25) is 5.91 Å². The second-order valence-corrected chi connectivity index (χ2v) is 6.76. The molecule has 0 unspecified atom stereocenters. The van der Waals surface area contributed by atoms with Crippen molar-refractivity contribution >= 4 is 17.2 Å². The highest BCUT2D eigenvalue weighted by atomic mass is 32.1. The number of amides is 1. The van der Waals surface area contributed by atoms with Crippen molar-refractivity contribution in [3.63, 3.8) is 0 Å². The van der Waals surface area contributed by atoms with Crippen LogP contribution in [0.25, 0.3) is 0 Å². The van der Waals surface area contributed by atoms with Gasteiger partial charge >= 0.3 is 0 Å². The van der Waals surface area contributed by atoms with E-state index in [-0.39, 0.29) is 11.9 Å². The molecule has 4 heteroatoms. The van der Waals surface area contributed by atoms with Gasteiger partial charge in [0.15, 0.2) is 0 Å². The maximum absolute atomic E-state index is 12.3. The number of fused-ring (bicyclic) bond motifs is 1. The van der Waals surface area contributed by atoms with Crippen LogP contribution in [0.3, 0.4) is 0 Å². The molecular formula is C15H22N2OS. The Morgan fingerprint density at radius 2 is 2.26 bits per heavy atom. The van der Waals surface area contributed by atoms with Crippen LogP contribution >= 0.6 is 11.3 Å². The van der Waals surface area contributed by atoms with Crippen molar-refractivity contribution in [2.45, 2.75) is 57.7 Å². The Balaban J connectivity index is 1.58. The van der Waals surface area contributed by atoms with Crippen molar-refractivity contribution in [2.75, 3.05) is 6.54 Å². The summed E-state index contributed by atoms with van der Waals surface area (Å²) in [4.78, 5) is 16.1. The fourth-order valence-electron chi connectivity index (χ4n) is 3.16. The van der Waals surface area contributed by atoms with Gasteiger partial charge in [0.1, 0.15) is 0 Å². The van der Waals surface area contributed by atoms with E-state index in [1.807, 2.05) is 18.3 Å². The first kappa shape index (κ1) is 13.1. The molecule has 0 saturated heterocycles. The lowest BCUT2D eigenvalue weighted by Gasteiger charge is -2.32. The molecular weight excluding hydrogens is 256 g/mol. The monoisotopic (exact) mass is 278 g/mol. The smallest absolute Gasteiger partial charge is 0.237 e. The molecule has 19 heavy (non-hydrogen) atoms. The van der Waals surface area contributed by atoms with Gasteiger partial charge in [0.25, 0.3) is 0 Å². The summed E-state index contributed by atoms with van der Waals surface area (Å²) in [5.74, 6) is 0.213. The Bertz CT molecular complexity index is 451. The average Bonchev–Trinajstić information content (AvgIpc) is 3.07. The van der Waals surface area contributed by atoms with Gasteiger partial charge in [-0.1, -0.05) is 12.8 Å². The van der Waals surface area contributed by atoms with Crippen molar-refractivity contribution in [1.82, 2.24) is 10.2 Å². The van der Waals surface area contributed by atoms with Crippen LogP contribution < -0.4 is 5.32 Å². The number of thiophene rings is 1. The van der Waals surface area contributed by atoms with E-state index in [0.29, 0.717) is 6.04 Å². The molecule has 0 radical (unpaired) electrons. The van der Waals surface area contributed by atoms with E-state index in [1.165, 1.54) is 23.3 Å². The second kappa shape index (κ2) is 5.63. The molecule has 1 amide bonds. The molecule has 0 bridgehead atoms. The minimum atomic E-state index is -0.00588. The molecule has 1 saturated carbocycles. The minimum absolute atomic E-state index is 0.00588. The van der Waals surface area contributed by atoms with Gasteiger partial charge in [-0.25, -0.2) is 0 Å². The highest BCUT2D eigenvalue weighted by Crippen LogP contribution is 2.25. The molecule has 3 nitrogen and oxygen atoms in total. The standard InChI is InChI=1S/C15H22N2OS/c1-11(15(18)16-13-4-2-3-5-13)17-8-6-14-12(10-17)7-9-19-14/h7,9,11,13H,2-6,8,10H2,1H3,(H,16,18)/t11-/m1/s1. The molecule has 1 aliphatic carbocycles. The maximum Gasteiger partial charge on any atom is 0.237 e. The van der Waals surface area contributed by atoms with Crippen LogP contribution in [0.2, 0.25) is 0 Å². The molecule has 1 fully saturated rings. The largest absolute Gasteiger partial charge is 0.352 e. The zero-order chi connectivity index (χ0) is 13.2. The summed E-state index contributed by atoms with van der Waals surface area (Å²) in [6.45, 7) is 3.98. The van der Waals surface area contributed by atoms with Crippen LogP contribution in [0.5, 0.6) is 0 Å². The lowest BCUT2D eigenvalue weighted by atomic mass is 10.1. The third-order valence-electron chi connectivity index (χ3n) is 4.47. The fourth-order valence-corrected chi connectivity index (χ4v) is 4.05. The van der Waals surface area contributed by atoms with E-state index in [1.54, 1.807) is 0 Å². The van der Waals surface area contributed by atoms with Crippen molar-refractivity contribution in [1.29, 1.82) is 0 Å². The van der Waals surface area contributed by atoms with Crippen LogP contribution in [0, 0.1) is 0 Å². The summed E-state index contributed by atoms with van der Waals surface area (Å²) >= 11 is 1.85. The summed E-state index contributed by atoms with van der Waals surface area (Å²) in [7, 11) is 0. The van der Waals surface area contributed by atoms with E-state index in [4.69, 9.17) is 0 Å². The molecule has 1 aromatic rings. The number of nitrogens with zero attached hydrogens (tertiary/aromatic N) is 1. The zero-order valence-electron chi connectivity index (χ0n) is 11.5. The number of hydrogen-bond donors (Lipinski definition) is 1. The van der Waals surface area contributed by atoms with E-state index in [9.17, 15) is 4.79 Å². The summed E-state index contributed by atoms with van der Waals surface area (Å²) < 4.78 is 0. The van der Waals surface area contributed by atoms with Gasteiger partial charge in [-0.15, -0.1) is 11.3 Å². The lowest BCUT2D eigenvalue weighted by Crippen LogP contribution is -2.48. The Labute approximate surface area is 119 Å². The first-order chi connectivity index (χ1) is 9.24. The molecule has 0 spiro atoms. The van der Waals surface area contributed by atoms with Gasteiger partial charge in [-0.05, 0) is 43.2 Å². The molecule has 1 N–H and O–H groups in total. The third-order valence-corrected chi connectivity index (χ3v) is 5.49. The third kappa shape index (κ3) is 2.84. The van der Waals surface area contributed by atoms with Crippen LogP contribution in [0.15, 0.2) is 11.4 Å². The van der Waals surface area contributed by atoms with E-state index < -0.39 is 0 Å². The molecule has 2 aliphatic rings. The number of carbonyl (C=O) groups excluding carboxylic acids is 1. The normalized spacial score (nSPS) is 22.2. The summed E-state index contributed by atoms with van der Waals surface area (Å²) in [6, 6.07) is 2.62. The van der Waals surface area contributed by atoms with E-state index in [2.05, 4.69) is 21.7 Å². The van der Waals surface area contributed by atoms with Crippen LogP contribution in [0.4, 0.5) is 0 Å². The van der Waals surface area contributed by atoms with E-state index in [0.717, 1.165) is 32.4 Å². The molecule has 3 rings (SSSR count). The van der Waals surface area contributed by atoms with Gasteiger partial charge in [0, 0.05) is 24.0 Å². The van der Waals surface area contributed by atoms with Gasteiger partial charge in [-0.2, -0.15) is 0 Å².